The third-order valence-corrected chi connectivity index (χ3v) is 2.18. The van der Waals surface area contributed by atoms with E-state index < -0.39 is 0 Å². The number of carbonyl (C=O) groups excluding carboxylic acids is 1. The van der Waals surface area contributed by atoms with Gasteiger partial charge in [0.05, 0.1) is 5.69 Å². The molecule has 1 amide bonds. The number of methoxy groups -OCH3 is 1. The zero-order valence-electron chi connectivity index (χ0n) is 9.81. The second-order valence-corrected chi connectivity index (χ2v) is 3.63. The number of nitrogen functional groups attached to an aromatic ring is 1. The standard InChI is InChI=1S/C11H17N3O3/c1-17-6-2-4-13-11(16)8-14-5-3-10(15)9(12)7-14/h3,5,7H,2,4,6,8,12H2,1H3,(H,13,16). The Labute approximate surface area is 99.4 Å². The number of nitrogens with two attached hydrogens (primary N) is 1. The molecule has 1 heterocycles. The average Bonchev–Trinajstić information content (AvgIpc) is 2.30. The van der Waals surface area contributed by atoms with Gasteiger partial charge in [0.25, 0.3) is 0 Å². The fourth-order valence-electron chi connectivity index (χ4n) is 1.31. The summed E-state index contributed by atoms with van der Waals surface area (Å²) in [5, 5.41) is 2.74. The maximum atomic E-state index is 11.5. The molecular formula is C11H17N3O3. The molecular weight excluding hydrogens is 222 g/mol. The van der Waals surface area contributed by atoms with E-state index in [1.165, 1.54) is 18.5 Å². The van der Waals surface area contributed by atoms with E-state index in [-0.39, 0.29) is 23.6 Å². The van der Waals surface area contributed by atoms with Crippen molar-refractivity contribution >= 4 is 11.6 Å². The molecule has 1 aromatic heterocycles. The summed E-state index contributed by atoms with van der Waals surface area (Å²) >= 11 is 0. The van der Waals surface area contributed by atoms with E-state index in [1.807, 2.05) is 0 Å². The van der Waals surface area contributed by atoms with Crippen LogP contribution in [0.2, 0.25) is 0 Å². The highest BCUT2D eigenvalue weighted by atomic mass is 16.5. The second-order valence-electron chi connectivity index (χ2n) is 3.63. The lowest BCUT2D eigenvalue weighted by Gasteiger charge is -2.08. The lowest BCUT2D eigenvalue weighted by molar-refractivity contribution is -0.121. The summed E-state index contributed by atoms with van der Waals surface area (Å²) in [5.41, 5.74) is 5.36. The molecule has 0 aromatic carbocycles. The van der Waals surface area contributed by atoms with Crippen LogP contribution in [-0.4, -0.2) is 30.7 Å². The molecule has 94 valence electrons. The van der Waals surface area contributed by atoms with Crippen LogP contribution in [0.3, 0.4) is 0 Å². The molecule has 0 bridgehead atoms. The number of ether oxygens (including phenoxy) is 1. The minimum absolute atomic E-state index is 0.121. The minimum atomic E-state index is -0.234. The van der Waals surface area contributed by atoms with E-state index in [0.29, 0.717) is 13.2 Å². The number of hydrogen-bond acceptors (Lipinski definition) is 4. The highest BCUT2D eigenvalue weighted by Gasteiger charge is 2.02. The normalized spacial score (nSPS) is 10.2. The van der Waals surface area contributed by atoms with E-state index in [2.05, 4.69) is 5.32 Å². The number of pyridine rings is 1. The summed E-state index contributed by atoms with van der Waals surface area (Å²) in [7, 11) is 1.62. The number of amides is 1. The Bertz CT molecular complexity index is 428. The molecule has 6 heteroatoms. The molecule has 0 aliphatic rings. The third kappa shape index (κ3) is 4.69. The third-order valence-electron chi connectivity index (χ3n) is 2.18. The maximum Gasteiger partial charge on any atom is 0.239 e. The van der Waals surface area contributed by atoms with Gasteiger partial charge in [-0.2, -0.15) is 0 Å². The van der Waals surface area contributed by atoms with Gasteiger partial charge in [-0.1, -0.05) is 0 Å². The van der Waals surface area contributed by atoms with Crippen molar-refractivity contribution in [3.05, 3.63) is 28.7 Å². The minimum Gasteiger partial charge on any atom is -0.394 e. The van der Waals surface area contributed by atoms with Crippen molar-refractivity contribution in [2.24, 2.45) is 0 Å². The van der Waals surface area contributed by atoms with Gasteiger partial charge in [-0.15, -0.1) is 0 Å². The molecule has 1 rings (SSSR count). The average molecular weight is 239 g/mol. The molecule has 0 atom stereocenters. The second kappa shape index (κ2) is 6.70. The zero-order chi connectivity index (χ0) is 12.7. The first-order valence-electron chi connectivity index (χ1n) is 5.34. The van der Waals surface area contributed by atoms with E-state index >= 15 is 0 Å². The largest absolute Gasteiger partial charge is 0.394 e. The molecule has 1 aromatic rings. The van der Waals surface area contributed by atoms with Crippen molar-refractivity contribution in [1.29, 1.82) is 0 Å². The molecule has 17 heavy (non-hydrogen) atoms. The van der Waals surface area contributed by atoms with Crippen LogP contribution in [0.15, 0.2) is 23.3 Å². The van der Waals surface area contributed by atoms with Gasteiger partial charge < -0.3 is 20.4 Å². The number of hydrogen-bond donors (Lipinski definition) is 2. The van der Waals surface area contributed by atoms with Gasteiger partial charge in [0.2, 0.25) is 11.3 Å². The van der Waals surface area contributed by atoms with Gasteiger partial charge in [-0.05, 0) is 6.42 Å². The van der Waals surface area contributed by atoms with Crippen molar-refractivity contribution in [3.8, 4) is 0 Å². The monoisotopic (exact) mass is 239 g/mol. The predicted molar refractivity (Wildman–Crippen MR) is 64.6 cm³/mol. The van der Waals surface area contributed by atoms with Crippen LogP contribution in [0.25, 0.3) is 0 Å². The van der Waals surface area contributed by atoms with Crippen LogP contribution in [0.4, 0.5) is 5.69 Å². The zero-order valence-corrected chi connectivity index (χ0v) is 9.81. The summed E-state index contributed by atoms with van der Waals surface area (Å²) in [6.07, 6.45) is 3.76. The number of aromatic nitrogens is 1. The Balaban J connectivity index is 2.40. The summed E-state index contributed by atoms with van der Waals surface area (Å²) in [5.74, 6) is -0.121. The van der Waals surface area contributed by atoms with E-state index in [4.69, 9.17) is 10.5 Å². The molecule has 0 spiro atoms. The Morgan fingerprint density at radius 2 is 2.35 bits per heavy atom. The van der Waals surface area contributed by atoms with Gasteiger partial charge in [0.15, 0.2) is 0 Å². The molecule has 0 aliphatic heterocycles. The summed E-state index contributed by atoms with van der Waals surface area (Å²) in [6.45, 7) is 1.34. The number of nitrogens with one attached hydrogen (secondary N) is 1. The number of anilines is 1. The Morgan fingerprint density at radius 3 is 3.00 bits per heavy atom. The van der Waals surface area contributed by atoms with Crippen LogP contribution >= 0.6 is 0 Å². The fraction of sp³-hybridized carbons (Fsp3) is 0.455. The fourth-order valence-corrected chi connectivity index (χ4v) is 1.31. The molecule has 0 saturated heterocycles. The molecule has 0 unspecified atom stereocenters. The molecule has 0 fully saturated rings. The number of rotatable bonds is 6. The topological polar surface area (TPSA) is 86.3 Å². The van der Waals surface area contributed by atoms with Crippen LogP contribution in [0, 0.1) is 0 Å². The number of carbonyl (C=O) groups is 1. The van der Waals surface area contributed by atoms with Crippen molar-refractivity contribution in [2.75, 3.05) is 26.0 Å². The summed E-state index contributed by atoms with van der Waals surface area (Å²) in [6, 6.07) is 1.34. The molecule has 6 nitrogen and oxygen atoms in total. The number of nitrogens with zero attached hydrogens (tertiary/aromatic N) is 1. The van der Waals surface area contributed by atoms with E-state index in [9.17, 15) is 9.59 Å². The Hall–Kier alpha value is -1.82. The van der Waals surface area contributed by atoms with E-state index in [0.717, 1.165) is 6.42 Å². The van der Waals surface area contributed by atoms with Gasteiger partial charge in [0.1, 0.15) is 6.54 Å². The quantitative estimate of drug-likeness (QED) is 0.660. The van der Waals surface area contributed by atoms with Crippen LogP contribution in [0.1, 0.15) is 6.42 Å². The predicted octanol–water partition coefficient (Wildman–Crippen LogP) is -0.417. The van der Waals surface area contributed by atoms with Gasteiger partial charge in [0, 0.05) is 38.7 Å². The van der Waals surface area contributed by atoms with Crippen LogP contribution in [0.5, 0.6) is 0 Å². The summed E-state index contributed by atoms with van der Waals surface area (Å²) in [4.78, 5) is 22.5. The first-order chi connectivity index (χ1) is 8.13. The van der Waals surface area contributed by atoms with Crippen molar-refractivity contribution in [2.45, 2.75) is 13.0 Å². The Morgan fingerprint density at radius 1 is 1.59 bits per heavy atom. The Kier molecular flexibility index (Phi) is 5.22. The first-order valence-corrected chi connectivity index (χ1v) is 5.34. The highest BCUT2D eigenvalue weighted by Crippen LogP contribution is 1.93. The molecule has 0 radical (unpaired) electrons. The lowest BCUT2D eigenvalue weighted by Crippen LogP contribution is -2.29. The SMILES string of the molecule is COCCCNC(=O)Cn1ccc(=O)c(N)c1. The smallest absolute Gasteiger partial charge is 0.239 e. The van der Waals surface area contributed by atoms with Crippen molar-refractivity contribution in [3.63, 3.8) is 0 Å². The lowest BCUT2D eigenvalue weighted by atomic mass is 10.4. The van der Waals surface area contributed by atoms with Gasteiger partial charge in [-0.3, -0.25) is 9.59 Å². The van der Waals surface area contributed by atoms with E-state index in [1.54, 1.807) is 11.7 Å². The molecule has 0 saturated carbocycles. The van der Waals surface area contributed by atoms with Crippen molar-refractivity contribution in [1.82, 2.24) is 9.88 Å². The summed E-state index contributed by atoms with van der Waals surface area (Å²) < 4.78 is 6.43. The van der Waals surface area contributed by atoms with Crippen LogP contribution < -0.4 is 16.5 Å². The highest BCUT2D eigenvalue weighted by molar-refractivity contribution is 5.75. The maximum absolute atomic E-state index is 11.5. The van der Waals surface area contributed by atoms with Gasteiger partial charge >= 0.3 is 0 Å². The first kappa shape index (κ1) is 13.2. The van der Waals surface area contributed by atoms with Gasteiger partial charge in [-0.25, -0.2) is 0 Å². The van der Waals surface area contributed by atoms with Crippen LogP contribution in [-0.2, 0) is 16.1 Å². The molecule has 3 N–H and O–H groups in total. The van der Waals surface area contributed by atoms with Crippen molar-refractivity contribution < 1.29 is 9.53 Å². The molecule has 0 aliphatic carbocycles.